The summed E-state index contributed by atoms with van der Waals surface area (Å²) in [5.41, 5.74) is -0.343. The minimum atomic E-state index is -1.37. The largest absolute Gasteiger partial charge is 0.462 e. The monoisotopic (exact) mass is 564 g/mol. The average Bonchev–Trinajstić information content (AvgIpc) is 2.84. The second-order valence-corrected chi connectivity index (χ2v) is 10.8. The molecule has 0 bridgehead atoms. The zero-order chi connectivity index (χ0) is 31.8. The van der Waals surface area contributed by atoms with Gasteiger partial charge >= 0.3 is 29.8 Å². The van der Waals surface area contributed by atoms with Crippen molar-refractivity contribution < 1.29 is 47.7 Å². The molecule has 0 aliphatic heterocycles. The van der Waals surface area contributed by atoms with Crippen LogP contribution in [-0.2, 0) is 47.7 Å². The van der Waals surface area contributed by atoms with Crippen LogP contribution in [0.5, 0.6) is 0 Å². The Labute approximate surface area is 237 Å². The first kappa shape index (κ1) is 38.2. The number of ether oxygens (including phenoxy) is 5. The number of hydrogen-bond acceptors (Lipinski definition) is 10. The summed E-state index contributed by atoms with van der Waals surface area (Å²) in [5, 5.41) is 0. The fraction of sp³-hybridized carbons (Fsp3) is 0.500. The minimum Gasteiger partial charge on any atom is -0.462 e. The van der Waals surface area contributed by atoms with Crippen molar-refractivity contribution in [3.05, 3.63) is 60.8 Å². The van der Waals surface area contributed by atoms with E-state index >= 15 is 0 Å². The van der Waals surface area contributed by atoms with Crippen molar-refractivity contribution in [1.29, 1.82) is 0 Å². The van der Waals surface area contributed by atoms with Crippen LogP contribution in [-0.4, -0.2) is 62.9 Å². The molecule has 0 aromatic rings. The summed E-state index contributed by atoms with van der Waals surface area (Å²) < 4.78 is 25.6. The van der Waals surface area contributed by atoms with Gasteiger partial charge in [-0.05, 0) is 40.0 Å². The van der Waals surface area contributed by atoms with Gasteiger partial charge in [-0.2, -0.15) is 0 Å². The van der Waals surface area contributed by atoms with Gasteiger partial charge in [-0.25, -0.2) is 24.0 Å². The van der Waals surface area contributed by atoms with Gasteiger partial charge in [-0.3, -0.25) is 0 Å². The lowest BCUT2D eigenvalue weighted by molar-refractivity contribution is -0.165. The molecule has 0 aromatic carbocycles. The molecule has 0 fully saturated rings. The van der Waals surface area contributed by atoms with E-state index in [9.17, 15) is 24.0 Å². The van der Waals surface area contributed by atoms with Crippen LogP contribution in [0, 0.1) is 10.8 Å². The van der Waals surface area contributed by atoms with Crippen LogP contribution in [0.25, 0.3) is 0 Å². The highest BCUT2D eigenvalue weighted by Crippen LogP contribution is 2.23. The maximum atomic E-state index is 11.8. The van der Waals surface area contributed by atoms with E-state index in [-0.39, 0.29) is 60.1 Å². The topological polar surface area (TPSA) is 132 Å². The molecule has 0 aliphatic rings. The quantitative estimate of drug-likeness (QED) is 0.167. The Balaban J connectivity index is 0. The van der Waals surface area contributed by atoms with Gasteiger partial charge in [0.2, 0.25) is 0 Å². The molecule has 0 heterocycles. The van der Waals surface area contributed by atoms with Crippen molar-refractivity contribution in [3.63, 3.8) is 0 Å². The van der Waals surface area contributed by atoms with Crippen LogP contribution < -0.4 is 0 Å². The summed E-state index contributed by atoms with van der Waals surface area (Å²) in [6.07, 6.45) is 0. The molecule has 0 aliphatic carbocycles. The molecule has 0 radical (unpaired) electrons. The summed E-state index contributed by atoms with van der Waals surface area (Å²) in [6.45, 7) is 29.8. The van der Waals surface area contributed by atoms with Gasteiger partial charge in [0.25, 0.3) is 0 Å². The average molecular weight is 565 g/mol. The molecule has 0 aromatic heterocycles. The lowest BCUT2D eigenvalue weighted by atomic mass is 9.92. The molecule has 0 saturated heterocycles. The van der Waals surface area contributed by atoms with Gasteiger partial charge in [0, 0.05) is 27.9 Å². The van der Waals surface area contributed by atoms with Gasteiger partial charge < -0.3 is 23.7 Å². The first-order valence-corrected chi connectivity index (χ1v) is 12.3. The van der Waals surface area contributed by atoms with Crippen LogP contribution >= 0.6 is 0 Å². The third-order valence-electron chi connectivity index (χ3n) is 4.42. The van der Waals surface area contributed by atoms with Crippen LogP contribution in [0.3, 0.4) is 0 Å². The molecule has 0 spiro atoms. The molecular weight excluding hydrogens is 520 g/mol. The normalized spacial score (nSPS) is 10.5. The summed E-state index contributed by atoms with van der Waals surface area (Å²) in [4.78, 5) is 58.2. The minimum absolute atomic E-state index is 0.0328. The Morgan fingerprint density at radius 1 is 0.425 bits per heavy atom. The highest BCUT2D eigenvalue weighted by molar-refractivity contribution is 5.88. The third-order valence-corrected chi connectivity index (χ3v) is 4.42. The number of carbonyl (C=O) groups is 5. The predicted octanol–water partition coefficient (Wildman–Crippen LogP) is 4.60. The molecule has 0 amide bonds. The first-order chi connectivity index (χ1) is 18.1. The van der Waals surface area contributed by atoms with Gasteiger partial charge in [-0.15, -0.1) is 0 Å². The van der Waals surface area contributed by atoms with E-state index in [0.29, 0.717) is 12.2 Å². The molecule has 10 heteroatoms. The Hall–Kier alpha value is -3.95. The predicted molar refractivity (Wildman–Crippen MR) is 151 cm³/mol. The van der Waals surface area contributed by atoms with Crippen molar-refractivity contribution in [1.82, 2.24) is 0 Å². The summed E-state index contributed by atoms with van der Waals surface area (Å²) in [6, 6.07) is 0. The highest BCUT2D eigenvalue weighted by atomic mass is 16.6. The van der Waals surface area contributed by atoms with Crippen molar-refractivity contribution in [2.45, 2.75) is 55.4 Å². The molecule has 40 heavy (non-hydrogen) atoms. The Kier molecular flexibility index (Phi) is 16.8. The zero-order valence-electron chi connectivity index (χ0n) is 25.2. The Bertz CT molecular complexity index is 898. The first-order valence-electron chi connectivity index (χ1n) is 12.3. The molecule has 0 saturated carbocycles. The van der Waals surface area contributed by atoms with Gasteiger partial charge in [-0.1, -0.05) is 53.7 Å². The van der Waals surface area contributed by atoms with Crippen LogP contribution in [0.2, 0.25) is 0 Å². The molecule has 0 atom stereocenters. The van der Waals surface area contributed by atoms with E-state index in [1.807, 2.05) is 20.8 Å². The summed E-state index contributed by atoms with van der Waals surface area (Å²) >= 11 is 0. The Morgan fingerprint density at radius 2 is 0.600 bits per heavy atom. The zero-order valence-corrected chi connectivity index (χ0v) is 25.2. The fourth-order valence-corrected chi connectivity index (χ4v) is 2.02. The Morgan fingerprint density at radius 3 is 0.750 bits per heavy atom. The molecular formula is C30H44O10. The SMILES string of the molecule is C=C(C)C(=O)OCC(C)(C)C.C=C(C)C(=O)OCC(COC(=O)C(=C)C)(COC(=O)C(=C)C)COC(=O)C(=C)C. The van der Waals surface area contributed by atoms with E-state index in [4.69, 9.17) is 23.7 Å². The van der Waals surface area contributed by atoms with E-state index in [2.05, 4.69) is 32.9 Å². The maximum absolute atomic E-state index is 11.8. The van der Waals surface area contributed by atoms with Crippen molar-refractivity contribution in [2.24, 2.45) is 10.8 Å². The smallest absolute Gasteiger partial charge is 0.333 e. The molecule has 224 valence electrons. The molecule has 10 nitrogen and oxygen atoms in total. The second kappa shape index (κ2) is 17.6. The maximum Gasteiger partial charge on any atom is 0.333 e. The summed E-state index contributed by atoms with van der Waals surface area (Å²) in [7, 11) is 0. The van der Waals surface area contributed by atoms with Crippen molar-refractivity contribution >= 4 is 29.8 Å². The van der Waals surface area contributed by atoms with Gasteiger partial charge in [0.15, 0.2) is 0 Å². The van der Waals surface area contributed by atoms with Crippen LogP contribution in [0.1, 0.15) is 55.4 Å². The van der Waals surface area contributed by atoms with Crippen molar-refractivity contribution in [2.75, 3.05) is 33.0 Å². The lowest BCUT2D eigenvalue weighted by Gasteiger charge is -2.31. The fourth-order valence-electron chi connectivity index (χ4n) is 2.02. The standard InChI is InChI=1S/C21H28O8.C9H16O2/c1-13(2)17(22)26-9-21(10-27-18(23)14(3)4,11-28-19(24)15(5)6)12-29-20(25)16(7)8;1-7(2)8(10)11-6-9(3,4)5/h1,3,5,7,9-12H2,2,4,6,8H3;1,6H2,2-5H3. The van der Waals surface area contributed by atoms with Crippen molar-refractivity contribution in [3.8, 4) is 0 Å². The number of hydrogen-bond donors (Lipinski definition) is 0. The van der Waals surface area contributed by atoms with E-state index in [0.717, 1.165) is 0 Å². The van der Waals surface area contributed by atoms with Gasteiger partial charge in [0.05, 0.1) is 6.61 Å². The number of carbonyl (C=O) groups excluding carboxylic acids is 5. The number of rotatable bonds is 14. The highest BCUT2D eigenvalue weighted by Gasteiger charge is 2.38. The molecule has 0 N–H and O–H groups in total. The molecule has 0 unspecified atom stereocenters. The van der Waals surface area contributed by atoms with Crippen LogP contribution in [0.15, 0.2) is 60.8 Å². The molecule has 0 rings (SSSR count). The second-order valence-electron chi connectivity index (χ2n) is 10.8. The van der Waals surface area contributed by atoms with Crippen LogP contribution in [0.4, 0.5) is 0 Å². The van der Waals surface area contributed by atoms with E-state index in [1.54, 1.807) is 6.92 Å². The lowest BCUT2D eigenvalue weighted by Crippen LogP contribution is -2.44. The van der Waals surface area contributed by atoms with E-state index in [1.165, 1.54) is 27.7 Å². The summed E-state index contributed by atoms with van der Waals surface area (Å²) in [5.74, 6) is -3.15. The van der Waals surface area contributed by atoms with E-state index < -0.39 is 29.3 Å². The third kappa shape index (κ3) is 17.5. The number of esters is 5. The van der Waals surface area contributed by atoms with Gasteiger partial charge in [0.1, 0.15) is 31.8 Å².